The van der Waals surface area contributed by atoms with E-state index in [0.29, 0.717) is 19.0 Å². The molecule has 2 fully saturated rings. The molecule has 1 amide bonds. The Bertz CT molecular complexity index is 285. The average Bonchev–Trinajstić information content (AvgIpc) is 2.86. The lowest BCUT2D eigenvalue weighted by atomic mass is 9.78. The number of carbonyl (C=O) groups is 1. The molecular weight excluding hydrogens is 233 g/mol. The van der Waals surface area contributed by atoms with Crippen LogP contribution in [0.25, 0.3) is 0 Å². The number of carbonyl (C=O) groups excluding carboxylic acids is 1. The Morgan fingerprint density at radius 3 is 2.89 bits per heavy atom. The minimum absolute atomic E-state index is 0.0313. The van der Waals surface area contributed by atoms with Gasteiger partial charge in [0.25, 0.3) is 0 Å². The normalized spacial score (nSPS) is 28.4. The number of hydrogen-bond donors (Lipinski definition) is 4. The second-order valence-corrected chi connectivity index (χ2v) is 5.13. The van der Waals surface area contributed by atoms with E-state index in [1.54, 1.807) is 4.90 Å². The predicted octanol–water partition coefficient (Wildman–Crippen LogP) is -1.67. The molecule has 0 aromatic heterocycles. The van der Waals surface area contributed by atoms with Crippen LogP contribution >= 0.6 is 0 Å². The van der Waals surface area contributed by atoms with Gasteiger partial charge in [0.2, 0.25) is 5.91 Å². The predicted molar refractivity (Wildman–Crippen MR) is 68.8 cm³/mol. The van der Waals surface area contributed by atoms with Crippen LogP contribution in [0.1, 0.15) is 25.7 Å². The van der Waals surface area contributed by atoms with Gasteiger partial charge in [0.1, 0.15) is 0 Å². The summed E-state index contributed by atoms with van der Waals surface area (Å²) in [6.07, 6.45) is 3.74. The van der Waals surface area contributed by atoms with Gasteiger partial charge in [-0.1, -0.05) is 0 Å². The number of nitrogens with one attached hydrogen (secondary N) is 2. The highest BCUT2D eigenvalue weighted by Crippen LogP contribution is 2.17. The molecule has 0 bridgehead atoms. The molecule has 0 radical (unpaired) electrons. The van der Waals surface area contributed by atoms with E-state index in [1.165, 1.54) is 0 Å². The topological polar surface area (TPSA) is 84.8 Å². The highest BCUT2D eigenvalue weighted by atomic mass is 16.4. The van der Waals surface area contributed by atoms with Crippen molar-refractivity contribution in [3.05, 3.63) is 0 Å². The second kappa shape index (κ2) is 6.52. The summed E-state index contributed by atoms with van der Waals surface area (Å²) in [6, 6.07) is 0.350. The maximum atomic E-state index is 12.0. The van der Waals surface area contributed by atoms with Crippen LogP contribution in [-0.4, -0.2) is 66.1 Å². The van der Waals surface area contributed by atoms with Crippen molar-refractivity contribution in [1.29, 1.82) is 0 Å². The largest absolute Gasteiger partial charge is 0.475 e. The number of likely N-dealkylation sites (tertiary alicyclic amines) is 1. The van der Waals surface area contributed by atoms with Gasteiger partial charge in [-0.15, -0.1) is 0 Å². The molecule has 2 rings (SSSR count). The molecule has 0 aromatic carbocycles. The first-order valence-electron chi connectivity index (χ1n) is 6.78. The van der Waals surface area contributed by atoms with E-state index in [1.807, 2.05) is 0 Å². The van der Waals surface area contributed by atoms with Crippen LogP contribution in [-0.2, 0) is 4.79 Å². The zero-order chi connectivity index (χ0) is 13.0. The molecule has 2 aliphatic heterocycles. The summed E-state index contributed by atoms with van der Waals surface area (Å²) in [4.78, 5) is 13.6. The summed E-state index contributed by atoms with van der Waals surface area (Å²) in [7, 11) is -1.42. The summed E-state index contributed by atoms with van der Waals surface area (Å²) in [5.41, 5.74) is 0. The fourth-order valence-corrected chi connectivity index (χ4v) is 2.77. The molecule has 0 saturated carbocycles. The Kier molecular flexibility index (Phi) is 4.99. The molecule has 102 valence electrons. The fraction of sp³-hybridized carbons (Fsp3) is 0.909. The van der Waals surface area contributed by atoms with Crippen molar-refractivity contribution in [2.24, 2.45) is 0 Å². The lowest BCUT2D eigenvalue weighted by Crippen LogP contribution is -2.51. The van der Waals surface area contributed by atoms with Crippen LogP contribution in [0.2, 0.25) is 0 Å². The van der Waals surface area contributed by atoms with E-state index in [-0.39, 0.29) is 12.5 Å². The van der Waals surface area contributed by atoms with Crippen LogP contribution in [0.4, 0.5) is 0 Å². The van der Waals surface area contributed by atoms with E-state index in [9.17, 15) is 14.8 Å². The van der Waals surface area contributed by atoms with Crippen molar-refractivity contribution in [3.8, 4) is 0 Å². The van der Waals surface area contributed by atoms with Gasteiger partial charge in [0, 0.05) is 19.1 Å². The molecule has 6 nitrogen and oxygen atoms in total. The first-order chi connectivity index (χ1) is 8.68. The third-order valence-electron chi connectivity index (χ3n) is 3.80. The summed E-state index contributed by atoms with van der Waals surface area (Å²) in [5, 5.41) is 25.0. The van der Waals surface area contributed by atoms with E-state index in [4.69, 9.17) is 0 Å². The molecule has 7 heteroatoms. The Morgan fingerprint density at radius 2 is 2.22 bits per heavy atom. The molecule has 4 N–H and O–H groups in total. The number of piperidine rings is 1. The van der Waals surface area contributed by atoms with Gasteiger partial charge in [0.15, 0.2) is 0 Å². The van der Waals surface area contributed by atoms with Gasteiger partial charge in [-0.05, 0) is 32.2 Å². The number of hydrogen-bond acceptors (Lipinski definition) is 5. The van der Waals surface area contributed by atoms with Gasteiger partial charge >= 0.3 is 7.12 Å². The summed E-state index contributed by atoms with van der Waals surface area (Å²) < 4.78 is 0. The van der Waals surface area contributed by atoms with Crippen molar-refractivity contribution in [2.45, 2.75) is 37.7 Å². The van der Waals surface area contributed by atoms with Gasteiger partial charge in [-0.2, -0.15) is 0 Å². The molecule has 0 aromatic rings. The van der Waals surface area contributed by atoms with Crippen molar-refractivity contribution in [2.75, 3.05) is 26.2 Å². The number of amides is 1. The SMILES string of the molecule is O=C(CNC1CCCNC1)N1CCCC1B(O)O. The Morgan fingerprint density at radius 1 is 1.39 bits per heavy atom. The van der Waals surface area contributed by atoms with Crippen LogP contribution in [0.5, 0.6) is 0 Å². The lowest BCUT2D eigenvalue weighted by Gasteiger charge is -2.27. The van der Waals surface area contributed by atoms with Crippen LogP contribution in [0, 0.1) is 0 Å². The first-order valence-corrected chi connectivity index (χ1v) is 6.78. The third-order valence-corrected chi connectivity index (χ3v) is 3.80. The summed E-state index contributed by atoms with van der Waals surface area (Å²) in [5.74, 6) is -0.458. The van der Waals surface area contributed by atoms with Crippen LogP contribution < -0.4 is 10.6 Å². The average molecular weight is 255 g/mol. The molecule has 2 unspecified atom stereocenters. The van der Waals surface area contributed by atoms with Crippen molar-refractivity contribution < 1.29 is 14.8 Å². The monoisotopic (exact) mass is 255 g/mol. The second-order valence-electron chi connectivity index (χ2n) is 5.13. The van der Waals surface area contributed by atoms with E-state index < -0.39 is 13.1 Å². The first kappa shape index (κ1) is 13.8. The maximum absolute atomic E-state index is 12.0. The molecule has 0 aliphatic carbocycles. The van der Waals surface area contributed by atoms with E-state index >= 15 is 0 Å². The summed E-state index contributed by atoms with van der Waals surface area (Å²) >= 11 is 0. The molecule has 2 aliphatic rings. The van der Waals surface area contributed by atoms with Gasteiger partial charge < -0.3 is 25.6 Å². The van der Waals surface area contributed by atoms with Gasteiger partial charge in [-0.25, -0.2) is 0 Å². The molecule has 2 saturated heterocycles. The zero-order valence-electron chi connectivity index (χ0n) is 10.6. The Hall–Kier alpha value is -0.625. The molecule has 2 heterocycles. The lowest BCUT2D eigenvalue weighted by molar-refractivity contribution is -0.130. The van der Waals surface area contributed by atoms with Crippen LogP contribution in [0.3, 0.4) is 0 Å². The van der Waals surface area contributed by atoms with E-state index in [2.05, 4.69) is 10.6 Å². The quantitative estimate of drug-likeness (QED) is 0.451. The number of nitrogens with zero attached hydrogens (tertiary/aromatic N) is 1. The minimum Gasteiger partial charge on any atom is -0.426 e. The van der Waals surface area contributed by atoms with Crippen molar-refractivity contribution in [3.63, 3.8) is 0 Å². The molecule has 2 atom stereocenters. The smallest absolute Gasteiger partial charge is 0.426 e. The number of rotatable bonds is 4. The van der Waals surface area contributed by atoms with E-state index in [0.717, 1.165) is 32.4 Å². The highest BCUT2D eigenvalue weighted by Gasteiger charge is 2.36. The fourth-order valence-electron chi connectivity index (χ4n) is 2.77. The van der Waals surface area contributed by atoms with Crippen molar-refractivity contribution in [1.82, 2.24) is 15.5 Å². The molecule has 0 spiro atoms. The Balaban J connectivity index is 1.76. The molecular formula is C11H22BN3O3. The van der Waals surface area contributed by atoms with Gasteiger partial charge in [0.05, 0.1) is 12.5 Å². The highest BCUT2D eigenvalue weighted by molar-refractivity contribution is 6.43. The van der Waals surface area contributed by atoms with Crippen molar-refractivity contribution >= 4 is 13.0 Å². The van der Waals surface area contributed by atoms with Crippen LogP contribution in [0.15, 0.2) is 0 Å². The molecule has 18 heavy (non-hydrogen) atoms. The standard InChI is InChI=1S/C11H22BN3O3/c16-11(8-14-9-3-1-5-13-7-9)15-6-2-4-10(15)12(17)18/h9-10,13-14,17-18H,1-8H2. The Labute approximate surface area is 108 Å². The summed E-state index contributed by atoms with van der Waals surface area (Å²) in [6.45, 7) is 2.87. The maximum Gasteiger partial charge on any atom is 0.475 e. The zero-order valence-corrected chi connectivity index (χ0v) is 10.6. The van der Waals surface area contributed by atoms with Gasteiger partial charge in [-0.3, -0.25) is 4.79 Å². The third kappa shape index (κ3) is 3.44. The minimum atomic E-state index is -1.42.